The smallest absolute Gasteiger partial charge is 0.246 e. The number of piperazine rings is 1. The molecule has 3 rings (SSSR count). The monoisotopic (exact) mass is 427 g/mol. The average Bonchev–Trinajstić information content (AvgIpc) is 2.79. The van der Waals surface area contributed by atoms with Crippen molar-refractivity contribution >= 4 is 27.7 Å². The summed E-state index contributed by atoms with van der Waals surface area (Å²) in [5.74, 6) is -0.0254. The third kappa shape index (κ3) is 5.09. The number of para-hydroxylation sites is 1. The molecule has 0 N–H and O–H groups in total. The molecule has 0 aliphatic carbocycles. The average molecular weight is 428 g/mol. The van der Waals surface area contributed by atoms with Crippen LogP contribution in [0.15, 0.2) is 65.6 Å². The van der Waals surface area contributed by atoms with Gasteiger partial charge in [0.25, 0.3) is 0 Å². The van der Waals surface area contributed by atoms with Crippen molar-refractivity contribution in [3.63, 3.8) is 0 Å². The van der Waals surface area contributed by atoms with Gasteiger partial charge in [-0.1, -0.05) is 44.2 Å². The van der Waals surface area contributed by atoms with Crippen molar-refractivity contribution in [1.29, 1.82) is 0 Å². The Kier molecular flexibility index (Phi) is 7.29. The van der Waals surface area contributed by atoms with E-state index in [0.717, 1.165) is 18.7 Å². The number of sulfonamides is 1. The Hall–Kier alpha value is -2.64. The number of hydrogen-bond acceptors (Lipinski definition) is 4. The van der Waals surface area contributed by atoms with Crippen LogP contribution < -0.4 is 4.90 Å². The Bertz CT molecular complexity index is 961. The summed E-state index contributed by atoms with van der Waals surface area (Å²) >= 11 is 0. The maximum absolute atomic E-state index is 12.6. The second-order valence-corrected chi connectivity index (χ2v) is 9.08. The molecular weight excluding hydrogens is 398 g/mol. The predicted molar refractivity (Wildman–Crippen MR) is 121 cm³/mol. The first kappa shape index (κ1) is 22.1. The van der Waals surface area contributed by atoms with Crippen molar-refractivity contribution in [2.45, 2.75) is 18.7 Å². The van der Waals surface area contributed by atoms with Crippen LogP contribution in [-0.2, 0) is 14.8 Å². The lowest BCUT2D eigenvalue weighted by atomic mass is 10.2. The largest absolute Gasteiger partial charge is 0.368 e. The van der Waals surface area contributed by atoms with Crippen molar-refractivity contribution in [3.05, 3.63) is 66.2 Å². The van der Waals surface area contributed by atoms with E-state index in [1.54, 1.807) is 36.4 Å². The molecule has 30 heavy (non-hydrogen) atoms. The first-order valence-corrected chi connectivity index (χ1v) is 11.8. The van der Waals surface area contributed by atoms with Gasteiger partial charge in [-0.2, -0.15) is 4.31 Å². The zero-order valence-electron chi connectivity index (χ0n) is 17.6. The maximum atomic E-state index is 12.6. The lowest BCUT2D eigenvalue weighted by molar-refractivity contribution is -0.126. The molecule has 1 fully saturated rings. The number of benzene rings is 2. The highest BCUT2D eigenvalue weighted by molar-refractivity contribution is 7.89. The van der Waals surface area contributed by atoms with Gasteiger partial charge in [0.2, 0.25) is 15.9 Å². The van der Waals surface area contributed by atoms with Gasteiger partial charge in [0.15, 0.2) is 0 Å². The number of rotatable bonds is 7. The molecule has 6 nitrogen and oxygen atoms in total. The summed E-state index contributed by atoms with van der Waals surface area (Å²) < 4.78 is 26.5. The summed E-state index contributed by atoms with van der Waals surface area (Å²) in [5.41, 5.74) is 1.98. The van der Waals surface area contributed by atoms with Crippen LogP contribution in [0.5, 0.6) is 0 Å². The summed E-state index contributed by atoms with van der Waals surface area (Å²) in [6.45, 7) is 7.49. The highest BCUT2D eigenvalue weighted by Crippen LogP contribution is 2.18. The van der Waals surface area contributed by atoms with E-state index in [1.807, 2.05) is 36.9 Å². The number of carbonyl (C=O) groups excluding carboxylic acids is 1. The van der Waals surface area contributed by atoms with E-state index in [4.69, 9.17) is 0 Å². The van der Waals surface area contributed by atoms with E-state index in [-0.39, 0.29) is 10.8 Å². The van der Waals surface area contributed by atoms with E-state index >= 15 is 0 Å². The summed E-state index contributed by atoms with van der Waals surface area (Å²) in [7, 11) is -3.47. The Morgan fingerprint density at radius 2 is 1.53 bits per heavy atom. The Labute approximate surface area is 179 Å². The molecule has 2 aromatic rings. The van der Waals surface area contributed by atoms with Crippen molar-refractivity contribution in [1.82, 2.24) is 9.21 Å². The molecule has 160 valence electrons. The molecule has 0 aromatic heterocycles. The SMILES string of the molecule is CCN(CC)S(=O)(=O)c1ccc(C=CC(=O)N2CCN(c3ccccc3)CC2)cc1. The van der Waals surface area contributed by atoms with Gasteiger partial charge >= 0.3 is 0 Å². The molecule has 1 aliphatic heterocycles. The molecule has 0 radical (unpaired) electrons. The highest BCUT2D eigenvalue weighted by atomic mass is 32.2. The molecular formula is C23H29N3O3S. The molecule has 0 saturated carbocycles. The first-order chi connectivity index (χ1) is 14.5. The quantitative estimate of drug-likeness (QED) is 0.637. The Balaban J connectivity index is 1.58. The molecule has 0 bridgehead atoms. The van der Waals surface area contributed by atoms with Crippen LogP contribution >= 0.6 is 0 Å². The van der Waals surface area contributed by atoms with E-state index in [1.165, 1.54) is 9.99 Å². The van der Waals surface area contributed by atoms with E-state index in [2.05, 4.69) is 17.0 Å². The zero-order chi connectivity index (χ0) is 21.6. The number of hydrogen-bond donors (Lipinski definition) is 0. The van der Waals surface area contributed by atoms with Crippen LogP contribution in [0, 0.1) is 0 Å². The second-order valence-electron chi connectivity index (χ2n) is 7.14. The minimum atomic E-state index is -3.47. The normalized spacial score (nSPS) is 15.2. The van der Waals surface area contributed by atoms with Crippen molar-refractivity contribution < 1.29 is 13.2 Å². The maximum Gasteiger partial charge on any atom is 0.246 e. The lowest BCUT2D eigenvalue weighted by Gasteiger charge is -2.35. The van der Waals surface area contributed by atoms with Gasteiger partial charge in [0, 0.05) is 51.0 Å². The molecule has 1 heterocycles. The summed E-state index contributed by atoms with van der Waals surface area (Å²) in [6, 6.07) is 16.9. The van der Waals surface area contributed by atoms with Gasteiger partial charge in [-0.05, 0) is 35.9 Å². The summed E-state index contributed by atoms with van der Waals surface area (Å²) in [6.07, 6.45) is 3.30. The fourth-order valence-electron chi connectivity index (χ4n) is 3.56. The third-order valence-electron chi connectivity index (χ3n) is 5.35. The van der Waals surface area contributed by atoms with Crippen LogP contribution in [0.1, 0.15) is 19.4 Å². The molecule has 1 amide bonds. The van der Waals surface area contributed by atoms with Gasteiger partial charge in [0.1, 0.15) is 0 Å². The third-order valence-corrected chi connectivity index (χ3v) is 7.42. The van der Waals surface area contributed by atoms with E-state index < -0.39 is 10.0 Å². The molecule has 1 aliphatic rings. The zero-order valence-corrected chi connectivity index (χ0v) is 18.4. The van der Waals surface area contributed by atoms with Crippen LogP contribution in [0.4, 0.5) is 5.69 Å². The second kappa shape index (κ2) is 9.91. The van der Waals surface area contributed by atoms with Crippen molar-refractivity contribution in [2.24, 2.45) is 0 Å². The molecule has 0 atom stereocenters. The fourth-order valence-corrected chi connectivity index (χ4v) is 5.02. The van der Waals surface area contributed by atoms with Gasteiger partial charge in [0.05, 0.1) is 4.90 Å². The molecule has 0 unspecified atom stereocenters. The van der Waals surface area contributed by atoms with Crippen LogP contribution in [0.25, 0.3) is 6.08 Å². The van der Waals surface area contributed by atoms with Crippen molar-refractivity contribution in [3.8, 4) is 0 Å². The first-order valence-electron chi connectivity index (χ1n) is 10.3. The number of amides is 1. The topological polar surface area (TPSA) is 60.9 Å². The predicted octanol–water partition coefficient (Wildman–Crippen LogP) is 3.08. The van der Waals surface area contributed by atoms with Crippen molar-refractivity contribution in [2.75, 3.05) is 44.2 Å². The minimum Gasteiger partial charge on any atom is -0.368 e. The number of nitrogens with zero attached hydrogens (tertiary/aromatic N) is 3. The van der Waals surface area contributed by atoms with E-state index in [0.29, 0.717) is 26.2 Å². The molecule has 2 aromatic carbocycles. The van der Waals surface area contributed by atoms with E-state index in [9.17, 15) is 13.2 Å². The molecule has 0 spiro atoms. The van der Waals surface area contributed by atoms with Gasteiger partial charge in [-0.25, -0.2) is 8.42 Å². The molecule has 7 heteroatoms. The molecule has 1 saturated heterocycles. The highest BCUT2D eigenvalue weighted by Gasteiger charge is 2.21. The summed E-state index contributed by atoms with van der Waals surface area (Å²) in [4.78, 5) is 16.9. The lowest BCUT2D eigenvalue weighted by Crippen LogP contribution is -2.48. The Morgan fingerprint density at radius 1 is 0.933 bits per heavy atom. The van der Waals surface area contributed by atoms with Gasteiger partial charge in [-0.3, -0.25) is 4.79 Å². The van der Waals surface area contributed by atoms with Crippen LogP contribution in [0.2, 0.25) is 0 Å². The number of anilines is 1. The minimum absolute atomic E-state index is 0.0254. The van der Waals surface area contributed by atoms with Gasteiger partial charge < -0.3 is 9.80 Å². The standard InChI is InChI=1S/C23H29N3O3S/c1-3-26(4-2)30(28,29)22-13-10-20(11-14-22)12-15-23(27)25-18-16-24(17-19-25)21-8-6-5-7-9-21/h5-15H,3-4,16-19H2,1-2H3. The fraction of sp³-hybridized carbons (Fsp3) is 0.348. The number of carbonyl (C=O) groups is 1. The summed E-state index contributed by atoms with van der Waals surface area (Å²) in [5, 5.41) is 0. The van der Waals surface area contributed by atoms with Crippen LogP contribution in [0.3, 0.4) is 0 Å². The van der Waals surface area contributed by atoms with Gasteiger partial charge in [-0.15, -0.1) is 0 Å². The van der Waals surface area contributed by atoms with Crippen LogP contribution in [-0.4, -0.2) is 62.8 Å². The Morgan fingerprint density at radius 3 is 2.10 bits per heavy atom.